The summed E-state index contributed by atoms with van der Waals surface area (Å²) >= 11 is 8.87. The number of nitrogens with zero attached hydrogens (tertiary/aromatic N) is 3. The van der Waals surface area contributed by atoms with Gasteiger partial charge in [-0.2, -0.15) is 4.98 Å². The van der Waals surface area contributed by atoms with E-state index < -0.39 is 0 Å². The smallest absolute Gasteiger partial charge is 0.248 e. The highest BCUT2D eigenvalue weighted by molar-refractivity contribution is 7.27. The summed E-state index contributed by atoms with van der Waals surface area (Å²) in [5, 5.41) is 11.1. The summed E-state index contributed by atoms with van der Waals surface area (Å²) in [6.07, 6.45) is 9.87. The largest absolute Gasteiger partial charge is 0.436 e. The molecule has 4 nitrogen and oxygen atoms in total. The summed E-state index contributed by atoms with van der Waals surface area (Å²) in [4.78, 5) is 9.88. The van der Waals surface area contributed by atoms with Gasteiger partial charge in [0.1, 0.15) is 11.3 Å². The fourth-order valence-electron chi connectivity index (χ4n) is 6.63. The monoisotopic (exact) mass is 625 g/mol. The molecule has 45 heavy (non-hydrogen) atoms. The zero-order chi connectivity index (χ0) is 31.4. The molecule has 0 aliphatic rings. The average Bonchev–Trinajstić information content (AvgIpc) is 3.74. The number of rotatable bonds is 3. The van der Waals surface area contributed by atoms with Crippen molar-refractivity contribution in [1.82, 2.24) is 14.5 Å². The number of benzene rings is 4. The van der Waals surface area contributed by atoms with Crippen molar-refractivity contribution in [2.75, 3.05) is 0 Å². The van der Waals surface area contributed by atoms with E-state index in [1.807, 2.05) is 44.3 Å². The summed E-state index contributed by atoms with van der Waals surface area (Å²) in [6.45, 7) is 14.1. The lowest BCUT2D eigenvalue weighted by atomic mass is 9.97. The molecule has 0 atom stereocenters. The van der Waals surface area contributed by atoms with Crippen molar-refractivity contribution in [3.63, 3.8) is 0 Å². The first kappa shape index (κ1) is 29.0. The number of fused-ring (bicyclic) bond motifs is 11. The Kier molecular flexibility index (Phi) is 7.31. The molecular weight excluding hydrogens is 594 g/mol. The second-order valence-corrected chi connectivity index (χ2v) is 11.9. The Labute approximate surface area is 269 Å². The van der Waals surface area contributed by atoms with Gasteiger partial charge in [0.15, 0.2) is 11.0 Å². The number of hydrogen-bond donors (Lipinski definition) is 0. The maximum atomic E-state index is 7.05. The van der Waals surface area contributed by atoms with E-state index in [0.717, 1.165) is 21.6 Å². The zero-order valence-corrected chi connectivity index (χ0v) is 27.5. The van der Waals surface area contributed by atoms with E-state index in [2.05, 4.69) is 97.8 Å². The molecule has 0 aliphatic heterocycles. The molecule has 0 N–H and O–H groups in total. The molecule has 8 rings (SSSR count). The quantitative estimate of drug-likeness (QED) is 0.196. The van der Waals surface area contributed by atoms with Crippen LogP contribution in [0.3, 0.4) is 0 Å². The number of halogens is 1. The van der Waals surface area contributed by atoms with Crippen LogP contribution in [0.2, 0.25) is 5.15 Å². The Morgan fingerprint density at radius 1 is 0.844 bits per heavy atom. The Hall–Kier alpha value is -4.71. The van der Waals surface area contributed by atoms with E-state index in [-0.39, 0.29) is 0 Å². The van der Waals surface area contributed by atoms with Crippen LogP contribution in [0.15, 0.2) is 77.7 Å². The van der Waals surface area contributed by atoms with Gasteiger partial charge < -0.3 is 4.42 Å². The molecule has 0 saturated carbocycles. The lowest BCUT2D eigenvalue weighted by Crippen LogP contribution is -2.28. The predicted molar refractivity (Wildman–Crippen MR) is 197 cm³/mol. The van der Waals surface area contributed by atoms with Gasteiger partial charge in [-0.1, -0.05) is 111 Å². The standard InChI is InChI=1S/C37H26ClN3OS.C2H6/c1-5-13-27-22(7-3)32-37(42-27)40-36(35(38)39-32)41-26(8-4)21(6-2)29-24-16-11-12-17-25(24)31-30-23-15-10-9-14-20(23)18-19-28(30)43-34(31)33(29)41;1-2/h5-19H,3H2,1-2,4H3;1-2H3/b13-5-,21-6+,26-8+;. The molecule has 0 saturated heterocycles. The molecule has 4 aromatic heterocycles. The fourth-order valence-corrected chi connectivity index (χ4v) is 8.12. The molecule has 0 spiro atoms. The van der Waals surface area contributed by atoms with Crippen molar-refractivity contribution in [2.45, 2.75) is 34.6 Å². The Balaban J connectivity index is 0.00000160. The maximum absolute atomic E-state index is 7.05. The third-order valence-corrected chi connectivity index (χ3v) is 9.75. The van der Waals surface area contributed by atoms with Gasteiger partial charge in [-0.3, -0.25) is 4.57 Å². The van der Waals surface area contributed by atoms with E-state index in [1.54, 1.807) is 6.08 Å². The van der Waals surface area contributed by atoms with Crippen molar-refractivity contribution < 1.29 is 4.42 Å². The van der Waals surface area contributed by atoms with Crippen molar-refractivity contribution in [1.29, 1.82) is 0 Å². The topological polar surface area (TPSA) is 43.9 Å². The number of aromatic nitrogens is 3. The van der Waals surface area contributed by atoms with Gasteiger partial charge in [-0.05, 0) is 54.5 Å². The Morgan fingerprint density at radius 3 is 2.24 bits per heavy atom. The van der Waals surface area contributed by atoms with Gasteiger partial charge in [0, 0.05) is 31.6 Å². The molecule has 0 aliphatic carbocycles. The summed E-state index contributed by atoms with van der Waals surface area (Å²) < 4.78 is 10.8. The van der Waals surface area contributed by atoms with Crippen LogP contribution < -0.4 is 10.6 Å². The van der Waals surface area contributed by atoms with Crippen LogP contribution in [0.25, 0.3) is 94.0 Å². The van der Waals surface area contributed by atoms with Crippen LogP contribution in [0.4, 0.5) is 0 Å². The molecule has 0 bridgehead atoms. The van der Waals surface area contributed by atoms with Crippen LogP contribution in [-0.2, 0) is 0 Å². The molecule has 0 unspecified atom stereocenters. The van der Waals surface area contributed by atoms with Crippen LogP contribution in [0, 0.1) is 0 Å². The first-order valence-corrected chi connectivity index (χ1v) is 16.5. The third-order valence-electron chi connectivity index (χ3n) is 8.34. The van der Waals surface area contributed by atoms with Gasteiger partial charge >= 0.3 is 0 Å². The lowest BCUT2D eigenvalue weighted by Gasteiger charge is -2.10. The highest BCUT2D eigenvalue weighted by Crippen LogP contribution is 2.46. The molecule has 4 heterocycles. The summed E-state index contributed by atoms with van der Waals surface area (Å²) in [7, 11) is 0. The van der Waals surface area contributed by atoms with Gasteiger partial charge in [0.05, 0.1) is 15.6 Å². The molecule has 4 aromatic carbocycles. The number of allylic oxidation sites excluding steroid dienone is 1. The van der Waals surface area contributed by atoms with E-state index in [1.165, 1.54) is 47.1 Å². The Morgan fingerprint density at radius 2 is 1.56 bits per heavy atom. The molecule has 222 valence electrons. The fraction of sp³-hybridized carbons (Fsp3) is 0.128. The minimum atomic E-state index is 0.305. The van der Waals surface area contributed by atoms with Crippen LogP contribution in [0.1, 0.15) is 45.9 Å². The van der Waals surface area contributed by atoms with Crippen molar-refractivity contribution in [2.24, 2.45) is 0 Å². The molecule has 0 radical (unpaired) electrons. The first-order valence-electron chi connectivity index (χ1n) is 15.3. The predicted octanol–water partition coefficient (Wildman–Crippen LogP) is 10.8. The van der Waals surface area contributed by atoms with Gasteiger partial charge in [0.25, 0.3) is 0 Å². The summed E-state index contributed by atoms with van der Waals surface area (Å²) in [6, 6.07) is 21.8. The van der Waals surface area contributed by atoms with Crippen LogP contribution >= 0.6 is 22.9 Å². The van der Waals surface area contributed by atoms with E-state index in [9.17, 15) is 0 Å². The van der Waals surface area contributed by atoms with Gasteiger partial charge in [0.2, 0.25) is 5.71 Å². The average molecular weight is 626 g/mol. The maximum Gasteiger partial charge on any atom is 0.248 e. The number of thiophene rings is 1. The van der Waals surface area contributed by atoms with Crippen LogP contribution in [0.5, 0.6) is 0 Å². The molecule has 6 heteroatoms. The van der Waals surface area contributed by atoms with Crippen LogP contribution in [-0.4, -0.2) is 14.5 Å². The second kappa shape index (κ2) is 11.3. The van der Waals surface area contributed by atoms with E-state index in [0.29, 0.717) is 28.0 Å². The molecular formula is C39H32ClN3OS. The van der Waals surface area contributed by atoms with Gasteiger partial charge in [-0.15, -0.1) is 11.3 Å². The Bertz CT molecular complexity index is 2640. The second-order valence-electron chi connectivity index (χ2n) is 10.5. The minimum absolute atomic E-state index is 0.305. The number of furan rings is 1. The summed E-state index contributed by atoms with van der Waals surface area (Å²) in [5.74, 6) is 1.20. The highest BCUT2D eigenvalue weighted by atomic mass is 35.5. The lowest BCUT2D eigenvalue weighted by molar-refractivity contribution is 0.589. The first-order chi connectivity index (χ1) is 22.1. The normalized spacial score (nSPS) is 12.9. The minimum Gasteiger partial charge on any atom is -0.436 e. The number of hydrogen-bond acceptors (Lipinski definition) is 4. The molecule has 0 fully saturated rings. The molecule has 8 aromatic rings. The third kappa shape index (κ3) is 4.11. The highest BCUT2D eigenvalue weighted by Gasteiger charge is 2.24. The van der Waals surface area contributed by atoms with E-state index >= 15 is 0 Å². The van der Waals surface area contributed by atoms with E-state index in [4.69, 9.17) is 26.0 Å². The SMILES string of the molecule is C=Cc1c(/C=C\C)oc2nc(-n3c(=C/C)/c(=C\C)c4c5ccccc5c5c(sc6ccc7ccccc7c65)c43)c(Cl)nc12.CC. The van der Waals surface area contributed by atoms with Crippen molar-refractivity contribution >= 4 is 111 Å². The summed E-state index contributed by atoms with van der Waals surface area (Å²) in [5.41, 5.74) is 2.87. The zero-order valence-electron chi connectivity index (χ0n) is 25.9. The van der Waals surface area contributed by atoms with Gasteiger partial charge in [-0.25, -0.2) is 4.98 Å². The van der Waals surface area contributed by atoms with Crippen molar-refractivity contribution in [3.05, 3.63) is 100 Å². The van der Waals surface area contributed by atoms with Crippen molar-refractivity contribution in [3.8, 4) is 5.82 Å². The molecule has 0 amide bonds.